The van der Waals surface area contributed by atoms with Crippen molar-refractivity contribution in [2.24, 2.45) is 0 Å². The van der Waals surface area contributed by atoms with Crippen LogP contribution in [0.15, 0.2) is 34.2 Å². The number of piperidine rings is 1. The van der Waals surface area contributed by atoms with Gasteiger partial charge in [0, 0.05) is 11.8 Å². The summed E-state index contributed by atoms with van der Waals surface area (Å²) >= 11 is 5.36. The summed E-state index contributed by atoms with van der Waals surface area (Å²) in [6, 6.07) is 3.93. The standard InChI is InChI=1S/C15H18BrN3OS/c1-21-15-17-7-5-12(18-15)13-11(6-10-20-13)14(16)19-8-3-2-4-9-19/h5-7,10,14H,2-4,8-9H2,1H3. The van der Waals surface area contributed by atoms with E-state index >= 15 is 0 Å². The number of thioether (sulfide) groups is 1. The van der Waals surface area contributed by atoms with Crippen LogP contribution in [0.25, 0.3) is 11.5 Å². The molecule has 0 saturated carbocycles. The summed E-state index contributed by atoms with van der Waals surface area (Å²) in [4.78, 5) is 11.4. The summed E-state index contributed by atoms with van der Waals surface area (Å²) < 4.78 is 5.71. The van der Waals surface area contributed by atoms with Crippen LogP contribution in [-0.4, -0.2) is 34.2 Å². The van der Waals surface area contributed by atoms with Crippen molar-refractivity contribution in [2.75, 3.05) is 19.3 Å². The lowest BCUT2D eigenvalue weighted by atomic mass is 10.1. The van der Waals surface area contributed by atoms with Crippen molar-refractivity contribution in [3.63, 3.8) is 0 Å². The van der Waals surface area contributed by atoms with Crippen molar-refractivity contribution in [2.45, 2.75) is 29.4 Å². The van der Waals surface area contributed by atoms with Gasteiger partial charge in [-0.25, -0.2) is 9.97 Å². The van der Waals surface area contributed by atoms with Gasteiger partial charge in [0.05, 0.1) is 11.2 Å². The predicted molar refractivity (Wildman–Crippen MR) is 88.6 cm³/mol. The van der Waals surface area contributed by atoms with E-state index in [1.54, 1.807) is 12.5 Å². The monoisotopic (exact) mass is 367 g/mol. The first-order chi connectivity index (χ1) is 10.3. The Morgan fingerprint density at radius 1 is 1.29 bits per heavy atom. The van der Waals surface area contributed by atoms with Crippen LogP contribution < -0.4 is 0 Å². The molecule has 1 aliphatic heterocycles. The van der Waals surface area contributed by atoms with Crippen LogP contribution in [0.4, 0.5) is 0 Å². The van der Waals surface area contributed by atoms with Crippen molar-refractivity contribution in [3.8, 4) is 11.5 Å². The molecule has 2 aromatic rings. The van der Waals surface area contributed by atoms with Crippen LogP contribution >= 0.6 is 27.7 Å². The minimum absolute atomic E-state index is 0.180. The van der Waals surface area contributed by atoms with E-state index in [1.807, 2.05) is 18.4 Å². The molecule has 3 rings (SSSR count). The van der Waals surface area contributed by atoms with Crippen molar-refractivity contribution in [1.82, 2.24) is 14.9 Å². The zero-order valence-electron chi connectivity index (χ0n) is 12.0. The van der Waals surface area contributed by atoms with Gasteiger partial charge in [-0.1, -0.05) is 34.1 Å². The summed E-state index contributed by atoms with van der Waals surface area (Å²) in [5.74, 6) is 0.833. The number of likely N-dealkylation sites (tertiary alicyclic amines) is 1. The first kappa shape index (κ1) is 15.1. The van der Waals surface area contributed by atoms with Crippen LogP contribution in [0.1, 0.15) is 29.8 Å². The second kappa shape index (κ2) is 6.94. The Hall–Kier alpha value is -0.850. The predicted octanol–water partition coefficient (Wildman–Crippen LogP) is 4.34. The van der Waals surface area contributed by atoms with Gasteiger partial charge in [-0.05, 0) is 44.3 Å². The van der Waals surface area contributed by atoms with E-state index in [0.29, 0.717) is 0 Å². The van der Waals surface area contributed by atoms with Crippen LogP contribution in [0.3, 0.4) is 0 Å². The number of hydrogen-bond donors (Lipinski definition) is 0. The molecular weight excluding hydrogens is 350 g/mol. The summed E-state index contributed by atoms with van der Waals surface area (Å²) in [7, 11) is 0. The summed E-state index contributed by atoms with van der Waals surface area (Å²) in [5, 5.41) is 0.763. The number of alkyl halides is 1. The van der Waals surface area contributed by atoms with Crippen molar-refractivity contribution in [1.29, 1.82) is 0 Å². The molecule has 1 fully saturated rings. The van der Waals surface area contributed by atoms with Gasteiger partial charge in [0.15, 0.2) is 10.9 Å². The molecule has 1 saturated heterocycles. The average Bonchev–Trinajstić information content (AvgIpc) is 3.04. The number of aromatic nitrogens is 2. The zero-order chi connectivity index (χ0) is 14.7. The maximum Gasteiger partial charge on any atom is 0.187 e. The lowest BCUT2D eigenvalue weighted by molar-refractivity contribution is 0.218. The second-order valence-corrected chi connectivity index (χ2v) is 6.71. The fourth-order valence-electron chi connectivity index (χ4n) is 2.62. The fourth-order valence-corrected chi connectivity index (χ4v) is 3.75. The van der Waals surface area contributed by atoms with E-state index in [0.717, 1.165) is 35.3 Å². The van der Waals surface area contributed by atoms with Crippen molar-refractivity contribution in [3.05, 3.63) is 30.2 Å². The van der Waals surface area contributed by atoms with Crippen LogP contribution in [-0.2, 0) is 0 Å². The maximum atomic E-state index is 5.71. The lowest BCUT2D eigenvalue weighted by Crippen LogP contribution is -2.31. The molecule has 21 heavy (non-hydrogen) atoms. The minimum Gasteiger partial charge on any atom is -0.462 e. The Balaban J connectivity index is 1.89. The van der Waals surface area contributed by atoms with Gasteiger partial charge < -0.3 is 4.42 Å². The number of hydrogen-bond acceptors (Lipinski definition) is 5. The quantitative estimate of drug-likeness (QED) is 0.348. The Morgan fingerprint density at radius 3 is 2.86 bits per heavy atom. The van der Waals surface area contributed by atoms with Gasteiger partial charge in [0.2, 0.25) is 0 Å². The third-order valence-electron chi connectivity index (χ3n) is 3.71. The third kappa shape index (κ3) is 3.33. The molecule has 3 heterocycles. The van der Waals surface area contributed by atoms with Crippen LogP contribution in [0, 0.1) is 0 Å². The van der Waals surface area contributed by atoms with Gasteiger partial charge in [-0.3, -0.25) is 4.90 Å². The molecule has 6 heteroatoms. The summed E-state index contributed by atoms with van der Waals surface area (Å²) in [6.45, 7) is 2.25. The normalized spacial score (nSPS) is 17.8. The molecular formula is C15H18BrN3OS. The van der Waals surface area contributed by atoms with Crippen molar-refractivity contribution >= 4 is 27.7 Å². The number of nitrogens with zero attached hydrogens (tertiary/aromatic N) is 3. The smallest absolute Gasteiger partial charge is 0.187 e. The van der Waals surface area contributed by atoms with E-state index in [-0.39, 0.29) is 4.95 Å². The molecule has 0 spiro atoms. The van der Waals surface area contributed by atoms with Gasteiger partial charge in [-0.2, -0.15) is 0 Å². The van der Waals surface area contributed by atoms with E-state index in [2.05, 4.69) is 30.8 Å². The largest absolute Gasteiger partial charge is 0.462 e. The van der Waals surface area contributed by atoms with Crippen LogP contribution in [0.5, 0.6) is 0 Å². The zero-order valence-corrected chi connectivity index (χ0v) is 14.4. The van der Waals surface area contributed by atoms with E-state index in [4.69, 9.17) is 4.42 Å². The minimum atomic E-state index is 0.180. The average molecular weight is 368 g/mol. The molecule has 0 N–H and O–H groups in total. The molecule has 4 nitrogen and oxygen atoms in total. The molecule has 0 aromatic carbocycles. The maximum absolute atomic E-state index is 5.71. The van der Waals surface area contributed by atoms with Gasteiger partial charge in [0.1, 0.15) is 5.69 Å². The molecule has 0 bridgehead atoms. The molecule has 1 aliphatic rings. The molecule has 0 amide bonds. The number of furan rings is 1. The SMILES string of the molecule is CSc1nccc(-c2occc2C(Br)N2CCCCC2)n1. The van der Waals surface area contributed by atoms with Gasteiger partial charge in [0.25, 0.3) is 0 Å². The highest BCUT2D eigenvalue weighted by Gasteiger charge is 2.24. The Morgan fingerprint density at radius 2 is 2.10 bits per heavy atom. The van der Waals surface area contributed by atoms with Gasteiger partial charge >= 0.3 is 0 Å². The number of rotatable bonds is 4. The fraction of sp³-hybridized carbons (Fsp3) is 0.467. The summed E-state index contributed by atoms with van der Waals surface area (Å²) in [6.07, 6.45) is 9.35. The lowest BCUT2D eigenvalue weighted by Gasteiger charge is -2.31. The second-order valence-electron chi connectivity index (χ2n) is 5.07. The summed E-state index contributed by atoms with van der Waals surface area (Å²) in [5.41, 5.74) is 1.98. The molecule has 0 aliphatic carbocycles. The highest BCUT2D eigenvalue weighted by atomic mass is 79.9. The highest BCUT2D eigenvalue weighted by Crippen LogP contribution is 2.36. The van der Waals surface area contributed by atoms with E-state index < -0.39 is 0 Å². The van der Waals surface area contributed by atoms with E-state index in [9.17, 15) is 0 Å². The van der Waals surface area contributed by atoms with E-state index in [1.165, 1.54) is 31.0 Å². The Kier molecular flexibility index (Phi) is 4.98. The first-order valence-corrected chi connectivity index (χ1v) is 9.26. The Bertz CT molecular complexity index is 598. The van der Waals surface area contributed by atoms with Crippen LogP contribution in [0.2, 0.25) is 0 Å². The topological polar surface area (TPSA) is 42.2 Å². The molecule has 1 atom stereocenters. The first-order valence-electron chi connectivity index (χ1n) is 7.12. The number of halogens is 1. The molecule has 2 aromatic heterocycles. The molecule has 0 radical (unpaired) electrons. The van der Waals surface area contributed by atoms with Gasteiger partial charge in [-0.15, -0.1) is 0 Å². The van der Waals surface area contributed by atoms with Crippen molar-refractivity contribution < 1.29 is 4.42 Å². The molecule has 1 unspecified atom stereocenters. The Labute approximate surface area is 137 Å². The third-order valence-corrected chi connectivity index (χ3v) is 5.35. The highest BCUT2D eigenvalue weighted by molar-refractivity contribution is 9.09. The molecule has 112 valence electrons.